The average Bonchev–Trinajstić information content (AvgIpc) is 2.84. The Balaban J connectivity index is 1.57. The first-order chi connectivity index (χ1) is 17.1. The molecule has 1 heterocycles. The van der Waals surface area contributed by atoms with E-state index in [9.17, 15) is 4.39 Å². The third-order valence-electron chi connectivity index (χ3n) is 6.98. The lowest BCUT2D eigenvalue weighted by molar-refractivity contribution is -0.227. The molecule has 2 aromatic carbocycles. The lowest BCUT2D eigenvalue weighted by Crippen LogP contribution is -2.41. The lowest BCUT2D eigenvalue weighted by atomic mass is 9.78. The molecule has 0 radical (unpaired) electrons. The van der Waals surface area contributed by atoms with E-state index < -0.39 is 45.7 Å². The Hall–Kier alpha value is -2.32. The van der Waals surface area contributed by atoms with Crippen LogP contribution in [-0.4, -0.2) is 19.5 Å². The number of halogens is 6. The summed E-state index contributed by atoms with van der Waals surface area (Å²) < 4.78 is 102. The van der Waals surface area contributed by atoms with Crippen LogP contribution in [0.3, 0.4) is 0 Å². The topological polar surface area (TPSA) is 18.5 Å². The van der Waals surface area contributed by atoms with Gasteiger partial charge >= 0.3 is 11.8 Å². The van der Waals surface area contributed by atoms with Crippen LogP contribution in [0.4, 0.5) is 26.3 Å². The molecule has 8 heteroatoms. The van der Waals surface area contributed by atoms with Crippen LogP contribution in [-0.2, 0) is 34.2 Å². The second-order valence-corrected chi connectivity index (χ2v) is 9.54. The third kappa shape index (κ3) is 4.70. The largest absolute Gasteiger partial charge is 0.352 e. The van der Waals surface area contributed by atoms with Gasteiger partial charge in [-0.25, -0.2) is 8.78 Å². The highest BCUT2D eigenvalue weighted by atomic mass is 19.3. The van der Waals surface area contributed by atoms with Gasteiger partial charge in [0.15, 0.2) is 6.29 Å². The molecule has 1 saturated heterocycles. The number of rotatable bonds is 9. The van der Waals surface area contributed by atoms with Gasteiger partial charge < -0.3 is 9.47 Å². The van der Waals surface area contributed by atoms with Crippen molar-refractivity contribution >= 4 is 0 Å². The van der Waals surface area contributed by atoms with E-state index in [0.717, 1.165) is 19.3 Å². The number of hydrogen-bond donors (Lipinski definition) is 0. The van der Waals surface area contributed by atoms with Gasteiger partial charge in [-0.2, -0.15) is 17.6 Å². The van der Waals surface area contributed by atoms with E-state index in [4.69, 9.17) is 9.47 Å². The number of unbranched alkanes of at least 4 members (excludes halogenated alkanes) is 1. The zero-order valence-electron chi connectivity index (χ0n) is 20.2. The van der Waals surface area contributed by atoms with Crippen LogP contribution < -0.4 is 0 Å². The quantitative estimate of drug-likeness (QED) is 0.192. The first kappa shape index (κ1) is 26.7. The number of hydrogen-bond acceptors (Lipinski definition) is 2. The van der Waals surface area contributed by atoms with Crippen molar-refractivity contribution in [2.45, 2.75) is 70.0 Å². The number of allylic oxidation sites excluding steroid dienone is 1. The monoisotopic (exact) mass is 512 g/mol. The van der Waals surface area contributed by atoms with Gasteiger partial charge in [-0.3, -0.25) is 0 Å². The molecule has 0 atom stereocenters. The predicted molar refractivity (Wildman–Crippen MR) is 125 cm³/mol. The van der Waals surface area contributed by atoms with E-state index in [-0.39, 0.29) is 36.2 Å². The van der Waals surface area contributed by atoms with E-state index in [1.54, 1.807) is 6.92 Å². The zero-order chi connectivity index (χ0) is 26.1. The Labute approximate surface area is 207 Å². The minimum atomic E-state index is -4.91. The van der Waals surface area contributed by atoms with Gasteiger partial charge in [0.1, 0.15) is 11.6 Å². The Kier molecular flexibility index (Phi) is 7.86. The summed E-state index contributed by atoms with van der Waals surface area (Å²) in [6.07, 6.45) is 4.97. The van der Waals surface area contributed by atoms with Crippen LogP contribution in [0, 0.1) is 17.6 Å². The Morgan fingerprint density at radius 1 is 0.861 bits per heavy atom. The molecule has 0 bridgehead atoms. The number of aryl methyl sites for hydroxylation is 2. The lowest BCUT2D eigenvalue weighted by Gasteiger charge is -2.36. The van der Waals surface area contributed by atoms with Crippen LogP contribution in [0.15, 0.2) is 36.9 Å². The molecular weight excluding hydrogens is 482 g/mol. The first-order valence-corrected chi connectivity index (χ1v) is 12.4. The molecule has 0 N–H and O–H groups in total. The highest BCUT2D eigenvalue weighted by Crippen LogP contribution is 2.59. The van der Waals surface area contributed by atoms with Crippen LogP contribution in [0.25, 0.3) is 11.1 Å². The van der Waals surface area contributed by atoms with Crippen molar-refractivity contribution in [1.29, 1.82) is 0 Å². The number of benzene rings is 2. The van der Waals surface area contributed by atoms with Crippen molar-refractivity contribution < 1.29 is 35.8 Å². The third-order valence-corrected chi connectivity index (χ3v) is 6.98. The molecule has 2 nitrogen and oxygen atoms in total. The van der Waals surface area contributed by atoms with Gasteiger partial charge in [0.2, 0.25) is 0 Å². The Bertz CT molecular complexity index is 1110. The van der Waals surface area contributed by atoms with Crippen LogP contribution in [0.5, 0.6) is 0 Å². The van der Waals surface area contributed by atoms with Crippen molar-refractivity contribution in [2.24, 2.45) is 5.92 Å². The Morgan fingerprint density at radius 2 is 1.39 bits per heavy atom. The maximum Gasteiger partial charge on any atom is 0.343 e. The predicted octanol–water partition coefficient (Wildman–Crippen LogP) is 8.06. The van der Waals surface area contributed by atoms with Crippen molar-refractivity contribution in [3.63, 3.8) is 0 Å². The van der Waals surface area contributed by atoms with Gasteiger partial charge in [0.05, 0.1) is 24.3 Å². The van der Waals surface area contributed by atoms with Gasteiger partial charge in [-0.1, -0.05) is 43.7 Å². The summed E-state index contributed by atoms with van der Waals surface area (Å²) in [5.41, 5.74) is -3.71. The van der Waals surface area contributed by atoms with Gasteiger partial charge in [0, 0.05) is 5.92 Å². The highest BCUT2D eigenvalue weighted by molar-refractivity contribution is 5.77. The summed E-state index contributed by atoms with van der Waals surface area (Å²) in [5, 5.41) is 0. The first-order valence-electron chi connectivity index (χ1n) is 12.4. The van der Waals surface area contributed by atoms with Crippen LogP contribution in [0.1, 0.15) is 61.3 Å². The minimum absolute atomic E-state index is 0.0515. The molecule has 1 aliphatic heterocycles. The standard InChI is InChI=1S/C28H30F6O2/c1-3-5-6-8-22-35-15-17(16-36-22)9-10-19-12-14-21-20-13-11-18(7-4-2)25(29)23(20)27(31,32)28(33,34)24(21)26(19)30/h3,11-14,17,22H,1,4-10,15-16H2,2H3. The van der Waals surface area contributed by atoms with E-state index in [2.05, 4.69) is 6.58 Å². The van der Waals surface area contributed by atoms with E-state index in [1.165, 1.54) is 24.3 Å². The smallest absolute Gasteiger partial charge is 0.343 e. The van der Waals surface area contributed by atoms with Crippen LogP contribution in [0.2, 0.25) is 0 Å². The minimum Gasteiger partial charge on any atom is -0.352 e. The molecular formula is C28H30F6O2. The molecule has 0 saturated carbocycles. The molecule has 2 aliphatic rings. The highest BCUT2D eigenvalue weighted by Gasteiger charge is 2.65. The summed E-state index contributed by atoms with van der Waals surface area (Å²) in [6, 6.07) is 5.00. The summed E-state index contributed by atoms with van der Waals surface area (Å²) in [7, 11) is 0. The second kappa shape index (κ2) is 10.6. The van der Waals surface area contributed by atoms with E-state index in [1.807, 2.05) is 6.08 Å². The maximum absolute atomic E-state index is 15.4. The number of alkyl halides is 4. The van der Waals surface area contributed by atoms with Gasteiger partial charge in [-0.15, -0.1) is 6.58 Å². The van der Waals surface area contributed by atoms with Crippen LogP contribution >= 0.6 is 0 Å². The van der Waals surface area contributed by atoms with Gasteiger partial charge in [-0.05, 0) is 60.8 Å². The molecule has 1 aliphatic carbocycles. The fraction of sp³-hybridized carbons (Fsp3) is 0.500. The molecule has 36 heavy (non-hydrogen) atoms. The molecule has 0 spiro atoms. The van der Waals surface area contributed by atoms with E-state index in [0.29, 0.717) is 26.1 Å². The van der Waals surface area contributed by atoms with E-state index >= 15 is 22.0 Å². The normalized spacial score (nSPS) is 22.1. The molecule has 0 aromatic heterocycles. The second-order valence-electron chi connectivity index (χ2n) is 9.54. The summed E-state index contributed by atoms with van der Waals surface area (Å²) in [5.74, 6) is -12.6. The Morgan fingerprint density at radius 3 is 1.89 bits per heavy atom. The average molecular weight is 513 g/mol. The van der Waals surface area contributed by atoms with Crippen molar-refractivity contribution in [1.82, 2.24) is 0 Å². The fourth-order valence-electron chi connectivity index (χ4n) is 4.98. The SMILES string of the molecule is C=CCCCC1OCC(CCc2ccc3c(c2F)C(F)(F)C(F)(F)c2c-3ccc(CCC)c2F)CO1. The summed E-state index contributed by atoms with van der Waals surface area (Å²) in [4.78, 5) is 0. The molecule has 196 valence electrons. The molecule has 0 unspecified atom stereocenters. The molecule has 2 aromatic rings. The zero-order valence-corrected chi connectivity index (χ0v) is 20.2. The fourth-order valence-corrected chi connectivity index (χ4v) is 4.98. The summed E-state index contributed by atoms with van der Waals surface area (Å²) in [6.45, 7) is 6.16. The molecule has 0 amide bonds. The van der Waals surface area contributed by atoms with Gasteiger partial charge in [0.25, 0.3) is 0 Å². The molecule has 4 rings (SSSR count). The maximum atomic E-state index is 15.4. The molecule has 1 fully saturated rings. The van der Waals surface area contributed by atoms with Crippen molar-refractivity contribution in [3.8, 4) is 11.1 Å². The number of fused-ring (bicyclic) bond motifs is 3. The van der Waals surface area contributed by atoms with Crippen molar-refractivity contribution in [2.75, 3.05) is 13.2 Å². The van der Waals surface area contributed by atoms with Crippen molar-refractivity contribution in [3.05, 3.63) is 70.8 Å². The summed E-state index contributed by atoms with van der Waals surface area (Å²) >= 11 is 0. The number of ether oxygens (including phenoxy) is 2.